The largest absolute Gasteiger partial charge is 0.758 e. The van der Waals surface area contributed by atoms with Gasteiger partial charge in [0.2, 0.25) is 0 Å². The smallest absolute Gasteiger partial charge is 0.0241 e. The zero-order valence-electron chi connectivity index (χ0n) is 6.79. The second kappa shape index (κ2) is 5.06. The first-order valence-corrected chi connectivity index (χ1v) is 3.41. The third kappa shape index (κ3) is 3.30. The number of nitrogens with zero attached hydrogens (tertiary/aromatic N) is 1. The average Bonchev–Trinajstić information content (AvgIpc) is 1.98. The molecule has 0 heterocycles. The van der Waals surface area contributed by atoms with E-state index >= 15 is 0 Å². The van der Waals surface area contributed by atoms with Gasteiger partial charge in [-0.3, -0.25) is 0 Å². The number of allylic oxidation sites excluding steroid dienone is 3. The van der Waals surface area contributed by atoms with Crippen LogP contribution in [0.4, 0.5) is 0 Å². The fraction of sp³-hybridized carbons (Fsp3) is 0.500. The highest BCUT2D eigenvalue weighted by Crippen LogP contribution is 1.99. The van der Waals surface area contributed by atoms with Crippen molar-refractivity contribution in [2.45, 2.75) is 20.8 Å². The molecule has 0 aliphatic rings. The lowest BCUT2D eigenvalue weighted by Crippen LogP contribution is -2.12. The summed E-state index contributed by atoms with van der Waals surface area (Å²) in [6, 6.07) is 0. The van der Waals surface area contributed by atoms with E-state index in [0.717, 1.165) is 10.8 Å². The molecule has 0 radical (unpaired) electrons. The minimum Gasteiger partial charge on any atom is -0.758 e. The van der Waals surface area contributed by atoms with Crippen LogP contribution in [0.25, 0.3) is 0 Å². The molecule has 0 fully saturated rings. The highest BCUT2D eigenvalue weighted by molar-refractivity contribution is 4.98. The van der Waals surface area contributed by atoms with Crippen molar-refractivity contribution in [3.05, 3.63) is 29.1 Å². The van der Waals surface area contributed by atoms with Gasteiger partial charge in [0.05, 0.1) is 0 Å². The fourth-order valence-electron chi connectivity index (χ4n) is 0.489. The summed E-state index contributed by atoms with van der Waals surface area (Å²) in [6.07, 6.45) is 5.50. The summed E-state index contributed by atoms with van der Waals surface area (Å²) in [5, 5.41) is 11.9. The van der Waals surface area contributed by atoms with E-state index in [4.69, 9.17) is 0 Å². The minimum atomic E-state index is 0.451. The lowest BCUT2D eigenvalue weighted by molar-refractivity contribution is 0.519. The van der Waals surface area contributed by atoms with Crippen molar-refractivity contribution < 1.29 is 0 Å². The first-order chi connectivity index (χ1) is 4.72. The van der Waals surface area contributed by atoms with Crippen molar-refractivity contribution in [3.63, 3.8) is 0 Å². The maximum absolute atomic E-state index is 10.9. The Kier molecular flexibility index (Phi) is 4.67. The van der Waals surface area contributed by atoms with Crippen LogP contribution in [0, 0.1) is 5.21 Å². The van der Waals surface area contributed by atoms with Gasteiger partial charge in [-0.05, 0) is 26.5 Å². The number of hydrogen-bond acceptors (Lipinski definition) is 2. The molecule has 0 rings (SSSR count). The summed E-state index contributed by atoms with van der Waals surface area (Å²) in [4.78, 5) is 0. The summed E-state index contributed by atoms with van der Waals surface area (Å²) >= 11 is 0. The Morgan fingerprint density at radius 1 is 1.50 bits per heavy atom. The van der Waals surface area contributed by atoms with Crippen LogP contribution < -0.4 is 0 Å². The van der Waals surface area contributed by atoms with Crippen LogP contribution in [0.3, 0.4) is 0 Å². The second-order valence-electron chi connectivity index (χ2n) is 2.06. The van der Waals surface area contributed by atoms with Gasteiger partial charge < -0.3 is 10.3 Å². The van der Waals surface area contributed by atoms with Gasteiger partial charge >= 0.3 is 0 Å². The van der Waals surface area contributed by atoms with Gasteiger partial charge in [0, 0.05) is 6.54 Å². The van der Waals surface area contributed by atoms with Gasteiger partial charge in [0.25, 0.3) is 0 Å². The van der Waals surface area contributed by atoms with Gasteiger partial charge in [-0.1, -0.05) is 18.2 Å². The van der Waals surface area contributed by atoms with Crippen LogP contribution in [-0.2, 0) is 0 Å². The molecule has 0 aromatic heterocycles. The molecule has 0 aromatic rings. The average molecular weight is 140 g/mol. The number of rotatable bonds is 3. The van der Waals surface area contributed by atoms with E-state index in [-0.39, 0.29) is 0 Å². The molecule has 0 amide bonds. The first-order valence-electron chi connectivity index (χ1n) is 3.41. The highest BCUT2D eigenvalue weighted by Gasteiger charge is 1.85. The lowest BCUT2D eigenvalue weighted by Gasteiger charge is -2.29. The maximum Gasteiger partial charge on any atom is 0.0241 e. The van der Waals surface area contributed by atoms with Gasteiger partial charge in [-0.25, -0.2) is 0 Å². The molecule has 0 aromatic carbocycles. The molecule has 0 atom stereocenters. The Morgan fingerprint density at radius 2 is 2.10 bits per heavy atom. The molecule has 0 bridgehead atoms. The first kappa shape index (κ1) is 9.24. The molecule has 0 aliphatic carbocycles. The number of hydroxylamine groups is 2. The third-order valence-corrected chi connectivity index (χ3v) is 1.32. The van der Waals surface area contributed by atoms with Crippen molar-refractivity contribution in [1.82, 2.24) is 5.06 Å². The fourth-order valence-corrected chi connectivity index (χ4v) is 0.489. The Hall–Kier alpha value is -0.760. The molecule has 0 unspecified atom stereocenters. The van der Waals surface area contributed by atoms with Crippen LogP contribution in [0.5, 0.6) is 0 Å². The van der Waals surface area contributed by atoms with Crippen molar-refractivity contribution in [2.75, 3.05) is 6.54 Å². The van der Waals surface area contributed by atoms with Crippen molar-refractivity contribution in [2.24, 2.45) is 0 Å². The van der Waals surface area contributed by atoms with E-state index in [1.165, 1.54) is 0 Å². The predicted molar refractivity (Wildman–Crippen MR) is 44.3 cm³/mol. The highest BCUT2D eigenvalue weighted by atomic mass is 16.5. The van der Waals surface area contributed by atoms with Crippen LogP contribution >= 0.6 is 0 Å². The molecule has 2 nitrogen and oxygen atoms in total. The summed E-state index contributed by atoms with van der Waals surface area (Å²) in [5.74, 6) is 0. The van der Waals surface area contributed by atoms with Crippen molar-refractivity contribution in [3.8, 4) is 0 Å². The third-order valence-electron chi connectivity index (χ3n) is 1.32. The van der Waals surface area contributed by atoms with Crippen LogP contribution in [-0.4, -0.2) is 11.6 Å². The number of hydrogen-bond donors (Lipinski definition) is 0. The zero-order valence-corrected chi connectivity index (χ0v) is 6.79. The van der Waals surface area contributed by atoms with Gasteiger partial charge in [0.15, 0.2) is 0 Å². The van der Waals surface area contributed by atoms with E-state index in [1.807, 2.05) is 26.0 Å². The van der Waals surface area contributed by atoms with E-state index in [2.05, 4.69) is 0 Å². The van der Waals surface area contributed by atoms with Crippen LogP contribution in [0.15, 0.2) is 23.9 Å². The van der Waals surface area contributed by atoms with Crippen LogP contribution in [0.2, 0.25) is 0 Å². The van der Waals surface area contributed by atoms with E-state index < -0.39 is 0 Å². The normalized spacial score (nSPS) is 12.6. The van der Waals surface area contributed by atoms with E-state index in [9.17, 15) is 5.21 Å². The summed E-state index contributed by atoms with van der Waals surface area (Å²) in [6.45, 7) is 6.01. The Labute approximate surface area is 62.4 Å². The van der Waals surface area contributed by atoms with Gasteiger partial charge in [-0.2, -0.15) is 0 Å². The molecule has 0 saturated heterocycles. The Morgan fingerprint density at radius 3 is 2.50 bits per heavy atom. The Bertz CT molecular complexity index is 138. The molecule has 58 valence electrons. The van der Waals surface area contributed by atoms with Crippen LogP contribution in [0.1, 0.15) is 20.8 Å². The molecule has 0 spiro atoms. The maximum atomic E-state index is 10.9. The quantitative estimate of drug-likeness (QED) is 0.444. The molecular weight excluding hydrogens is 126 g/mol. The van der Waals surface area contributed by atoms with E-state index in [0.29, 0.717) is 6.54 Å². The summed E-state index contributed by atoms with van der Waals surface area (Å²) < 4.78 is 0. The molecule has 0 N–H and O–H groups in total. The monoisotopic (exact) mass is 140 g/mol. The molecule has 10 heavy (non-hydrogen) atoms. The minimum absolute atomic E-state index is 0.451. The summed E-state index contributed by atoms with van der Waals surface area (Å²) in [5.41, 5.74) is 0.762. The Balaban J connectivity index is 3.73. The zero-order chi connectivity index (χ0) is 7.98. The molecule has 0 aliphatic heterocycles. The molecule has 0 saturated carbocycles. The standard InChI is InChI=1S/C8H14NO/c1-4-6-7-9(10)8(3)5-2/h4-6H,7H2,1-3H3/q-1/b6-4+,8-5+. The topological polar surface area (TPSA) is 26.3 Å². The van der Waals surface area contributed by atoms with E-state index in [1.54, 1.807) is 13.0 Å². The molecule has 2 heteroatoms. The van der Waals surface area contributed by atoms with Gasteiger partial charge in [0.1, 0.15) is 0 Å². The second-order valence-corrected chi connectivity index (χ2v) is 2.06. The lowest BCUT2D eigenvalue weighted by atomic mass is 10.4. The van der Waals surface area contributed by atoms with Crippen molar-refractivity contribution in [1.29, 1.82) is 0 Å². The van der Waals surface area contributed by atoms with Gasteiger partial charge in [-0.15, -0.1) is 0 Å². The predicted octanol–water partition coefficient (Wildman–Crippen LogP) is 2.29. The van der Waals surface area contributed by atoms with Crippen molar-refractivity contribution >= 4 is 0 Å². The molecular formula is C8H14NO-. The SMILES string of the molecule is C/C=C/CN([O-])/C(C)=C/C. The summed E-state index contributed by atoms with van der Waals surface area (Å²) in [7, 11) is 0.